The maximum absolute atomic E-state index is 12.4. The first-order valence-corrected chi connectivity index (χ1v) is 8.20. The molecule has 3 nitrogen and oxygen atoms in total. The Hall–Kier alpha value is -1.51. The fourth-order valence-electron chi connectivity index (χ4n) is 2.22. The van der Waals surface area contributed by atoms with Gasteiger partial charge in [0.25, 0.3) is 0 Å². The molecule has 0 saturated carbocycles. The molecule has 1 amide bonds. The maximum atomic E-state index is 12.4. The van der Waals surface area contributed by atoms with Crippen LogP contribution in [0.4, 0.5) is 0 Å². The Bertz CT molecular complexity index is 392. The van der Waals surface area contributed by atoms with E-state index in [9.17, 15) is 4.79 Å². The third kappa shape index (κ3) is 6.65. The second kappa shape index (κ2) is 10.3. The quantitative estimate of drug-likeness (QED) is 0.650. The zero-order valence-electron chi connectivity index (χ0n) is 13.7. The molecule has 0 bridgehead atoms. The summed E-state index contributed by atoms with van der Waals surface area (Å²) in [6.07, 6.45) is 4.90. The van der Waals surface area contributed by atoms with Gasteiger partial charge >= 0.3 is 0 Å². The van der Waals surface area contributed by atoms with Gasteiger partial charge in [-0.2, -0.15) is 0 Å². The molecule has 0 unspecified atom stereocenters. The molecule has 0 N–H and O–H groups in total. The van der Waals surface area contributed by atoms with Crippen LogP contribution in [0.25, 0.3) is 0 Å². The molecule has 0 fully saturated rings. The van der Waals surface area contributed by atoms with Crippen LogP contribution in [-0.4, -0.2) is 30.5 Å². The van der Waals surface area contributed by atoms with Crippen molar-refractivity contribution >= 4 is 5.91 Å². The van der Waals surface area contributed by atoms with E-state index in [1.165, 1.54) is 0 Å². The van der Waals surface area contributed by atoms with E-state index in [0.717, 1.165) is 50.1 Å². The number of nitrogens with zero attached hydrogens (tertiary/aromatic N) is 1. The molecule has 1 rings (SSSR count). The van der Waals surface area contributed by atoms with Crippen LogP contribution >= 0.6 is 0 Å². The van der Waals surface area contributed by atoms with Crippen molar-refractivity contribution < 1.29 is 9.53 Å². The molecule has 0 aliphatic rings. The highest BCUT2D eigenvalue weighted by molar-refractivity contribution is 5.78. The van der Waals surface area contributed by atoms with Crippen molar-refractivity contribution in [3.8, 4) is 5.75 Å². The Morgan fingerprint density at radius 3 is 2.05 bits per heavy atom. The molecule has 0 aliphatic heterocycles. The fraction of sp³-hybridized carbons (Fsp3) is 0.611. The van der Waals surface area contributed by atoms with Gasteiger partial charge in [-0.25, -0.2) is 0 Å². The van der Waals surface area contributed by atoms with E-state index in [0.29, 0.717) is 13.0 Å². The summed E-state index contributed by atoms with van der Waals surface area (Å²) in [5.41, 5.74) is 1.06. The molecular formula is C18H29NO2. The number of benzene rings is 1. The largest absolute Gasteiger partial charge is 0.494 e. The Kier molecular flexibility index (Phi) is 8.56. The minimum Gasteiger partial charge on any atom is -0.494 e. The normalized spacial score (nSPS) is 10.4. The lowest BCUT2D eigenvalue weighted by atomic mass is 10.1. The van der Waals surface area contributed by atoms with Gasteiger partial charge in [0, 0.05) is 13.1 Å². The van der Waals surface area contributed by atoms with Crippen molar-refractivity contribution in [2.45, 2.75) is 52.9 Å². The van der Waals surface area contributed by atoms with Gasteiger partial charge in [-0.3, -0.25) is 4.79 Å². The van der Waals surface area contributed by atoms with Crippen molar-refractivity contribution in [2.75, 3.05) is 19.7 Å². The molecule has 21 heavy (non-hydrogen) atoms. The summed E-state index contributed by atoms with van der Waals surface area (Å²) in [5, 5.41) is 0. The summed E-state index contributed by atoms with van der Waals surface area (Å²) < 4.78 is 5.42. The summed E-state index contributed by atoms with van der Waals surface area (Å²) in [6.45, 7) is 8.72. The number of carbonyl (C=O) groups is 1. The number of amides is 1. The van der Waals surface area contributed by atoms with Crippen LogP contribution in [0.3, 0.4) is 0 Å². The lowest BCUT2D eigenvalue weighted by Crippen LogP contribution is -2.34. The van der Waals surface area contributed by atoms with Crippen molar-refractivity contribution in [1.82, 2.24) is 4.90 Å². The van der Waals surface area contributed by atoms with Gasteiger partial charge in [-0.15, -0.1) is 0 Å². The maximum Gasteiger partial charge on any atom is 0.226 e. The Balaban J connectivity index is 2.57. The summed E-state index contributed by atoms with van der Waals surface area (Å²) in [5.74, 6) is 1.10. The second-order valence-electron chi connectivity index (χ2n) is 5.34. The number of hydrogen-bond acceptors (Lipinski definition) is 2. The zero-order chi connectivity index (χ0) is 15.5. The molecule has 0 radical (unpaired) electrons. The number of rotatable bonds is 10. The summed E-state index contributed by atoms with van der Waals surface area (Å²) in [4.78, 5) is 14.4. The Morgan fingerprint density at radius 1 is 1.00 bits per heavy atom. The van der Waals surface area contributed by atoms with Gasteiger partial charge in [-0.05, 0) is 37.5 Å². The first-order chi connectivity index (χ1) is 10.2. The Morgan fingerprint density at radius 2 is 1.57 bits per heavy atom. The van der Waals surface area contributed by atoms with Crippen LogP contribution in [-0.2, 0) is 11.2 Å². The molecule has 118 valence electrons. The molecule has 0 spiro atoms. The lowest BCUT2D eigenvalue weighted by Gasteiger charge is -2.22. The third-order valence-electron chi connectivity index (χ3n) is 3.51. The lowest BCUT2D eigenvalue weighted by molar-refractivity contribution is -0.130. The average molecular weight is 291 g/mol. The van der Waals surface area contributed by atoms with Crippen molar-refractivity contribution in [3.05, 3.63) is 29.8 Å². The smallest absolute Gasteiger partial charge is 0.226 e. The van der Waals surface area contributed by atoms with E-state index >= 15 is 0 Å². The zero-order valence-corrected chi connectivity index (χ0v) is 13.7. The number of unbranched alkanes of at least 4 members (excludes halogenated alkanes) is 2. The topological polar surface area (TPSA) is 29.5 Å². The first kappa shape index (κ1) is 17.5. The van der Waals surface area contributed by atoms with Gasteiger partial charge in [0.05, 0.1) is 13.0 Å². The second-order valence-corrected chi connectivity index (χ2v) is 5.34. The van der Waals surface area contributed by atoms with Gasteiger partial charge in [0.1, 0.15) is 5.75 Å². The van der Waals surface area contributed by atoms with Crippen LogP contribution in [0.2, 0.25) is 0 Å². The molecular weight excluding hydrogens is 262 g/mol. The standard InChI is InChI=1S/C18H29NO2/c1-4-7-13-19(14-8-5-2)18(20)15-16-9-11-17(12-10-16)21-6-3/h9-12H,4-8,13-15H2,1-3H3. The molecule has 1 aromatic rings. The van der Waals surface area contributed by atoms with Crippen LogP contribution in [0.15, 0.2) is 24.3 Å². The molecule has 3 heteroatoms. The summed E-state index contributed by atoms with van der Waals surface area (Å²) >= 11 is 0. The van der Waals surface area contributed by atoms with Gasteiger partial charge in [-0.1, -0.05) is 38.8 Å². The fourth-order valence-corrected chi connectivity index (χ4v) is 2.22. The highest BCUT2D eigenvalue weighted by Crippen LogP contribution is 2.13. The van der Waals surface area contributed by atoms with E-state index < -0.39 is 0 Å². The van der Waals surface area contributed by atoms with Crippen molar-refractivity contribution in [2.24, 2.45) is 0 Å². The molecule has 0 heterocycles. The van der Waals surface area contributed by atoms with E-state index in [-0.39, 0.29) is 5.91 Å². The predicted molar refractivity (Wildman–Crippen MR) is 87.7 cm³/mol. The first-order valence-electron chi connectivity index (χ1n) is 8.20. The summed E-state index contributed by atoms with van der Waals surface area (Å²) in [6, 6.07) is 7.85. The highest BCUT2D eigenvalue weighted by atomic mass is 16.5. The van der Waals surface area contributed by atoms with E-state index in [1.807, 2.05) is 36.1 Å². The van der Waals surface area contributed by atoms with Crippen LogP contribution < -0.4 is 4.74 Å². The number of hydrogen-bond donors (Lipinski definition) is 0. The summed E-state index contributed by atoms with van der Waals surface area (Å²) in [7, 11) is 0. The molecule has 0 saturated heterocycles. The van der Waals surface area contributed by atoms with E-state index in [4.69, 9.17) is 4.74 Å². The van der Waals surface area contributed by atoms with Crippen LogP contribution in [0, 0.1) is 0 Å². The monoisotopic (exact) mass is 291 g/mol. The van der Waals surface area contributed by atoms with Gasteiger partial charge in [0.15, 0.2) is 0 Å². The van der Waals surface area contributed by atoms with Crippen LogP contribution in [0.1, 0.15) is 52.0 Å². The van der Waals surface area contributed by atoms with E-state index in [1.54, 1.807) is 0 Å². The van der Waals surface area contributed by atoms with Crippen molar-refractivity contribution in [3.63, 3.8) is 0 Å². The molecule has 0 aliphatic carbocycles. The number of ether oxygens (including phenoxy) is 1. The number of carbonyl (C=O) groups excluding carboxylic acids is 1. The van der Waals surface area contributed by atoms with E-state index in [2.05, 4.69) is 13.8 Å². The highest BCUT2D eigenvalue weighted by Gasteiger charge is 2.13. The predicted octanol–water partition coefficient (Wildman–Crippen LogP) is 4.06. The molecule has 1 aromatic carbocycles. The Labute approximate surface area is 129 Å². The van der Waals surface area contributed by atoms with Crippen LogP contribution in [0.5, 0.6) is 5.75 Å². The SMILES string of the molecule is CCCCN(CCCC)C(=O)Cc1ccc(OCC)cc1. The third-order valence-corrected chi connectivity index (χ3v) is 3.51. The minimum atomic E-state index is 0.237. The average Bonchev–Trinajstić information content (AvgIpc) is 2.49. The van der Waals surface area contributed by atoms with Gasteiger partial charge in [0.2, 0.25) is 5.91 Å². The van der Waals surface area contributed by atoms with Gasteiger partial charge < -0.3 is 9.64 Å². The molecule has 0 atom stereocenters. The molecule has 0 aromatic heterocycles. The van der Waals surface area contributed by atoms with Crippen molar-refractivity contribution in [1.29, 1.82) is 0 Å². The minimum absolute atomic E-state index is 0.237.